The summed E-state index contributed by atoms with van der Waals surface area (Å²) in [6.07, 6.45) is 0.823. The third-order valence-corrected chi connectivity index (χ3v) is 3.39. The van der Waals surface area contributed by atoms with Crippen molar-refractivity contribution < 1.29 is 14.3 Å². The Balaban J connectivity index is 2.31. The molecule has 1 aromatic carbocycles. The number of benzene rings is 1. The molecule has 0 aromatic heterocycles. The Bertz CT molecular complexity index is 470. The lowest BCUT2D eigenvalue weighted by Crippen LogP contribution is -2.37. The number of anilines is 1. The van der Waals surface area contributed by atoms with E-state index in [2.05, 4.69) is 29.4 Å². The SMILES string of the molecule is CCN(CC)CCCNC(=O)C(=O)Nc1ccc(OC)cc1. The van der Waals surface area contributed by atoms with Crippen LogP contribution in [0.25, 0.3) is 0 Å². The molecule has 0 aliphatic carbocycles. The first-order valence-electron chi connectivity index (χ1n) is 7.56. The van der Waals surface area contributed by atoms with Crippen LogP contribution in [0, 0.1) is 0 Å². The van der Waals surface area contributed by atoms with Crippen molar-refractivity contribution in [3.05, 3.63) is 24.3 Å². The van der Waals surface area contributed by atoms with E-state index in [1.165, 1.54) is 0 Å². The Labute approximate surface area is 131 Å². The lowest BCUT2D eigenvalue weighted by atomic mass is 10.3. The average molecular weight is 307 g/mol. The predicted octanol–water partition coefficient (Wildman–Crippen LogP) is 1.48. The maximum atomic E-state index is 11.7. The third-order valence-electron chi connectivity index (χ3n) is 3.39. The molecule has 0 spiro atoms. The number of hydrogen-bond acceptors (Lipinski definition) is 4. The lowest BCUT2D eigenvalue weighted by Gasteiger charge is -2.17. The number of carbonyl (C=O) groups excluding carboxylic acids is 2. The minimum Gasteiger partial charge on any atom is -0.497 e. The summed E-state index contributed by atoms with van der Waals surface area (Å²) in [4.78, 5) is 25.7. The van der Waals surface area contributed by atoms with E-state index in [0.717, 1.165) is 26.1 Å². The Hall–Kier alpha value is -2.08. The number of hydrogen-bond donors (Lipinski definition) is 2. The number of carbonyl (C=O) groups is 2. The minimum absolute atomic E-state index is 0.491. The molecule has 22 heavy (non-hydrogen) atoms. The zero-order chi connectivity index (χ0) is 16.4. The average Bonchev–Trinajstić information content (AvgIpc) is 2.55. The van der Waals surface area contributed by atoms with Gasteiger partial charge in [0.1, 0.15) is 5.75 Å². The van der Waals surface area contributed by atoms with E-state index in [1.54, 1.807) is 31.4 Å². The van der Waals surface area contributed by atoms with E-state index < -0.39 is 11.8 Å². The van der Waals surface area contributed by atoms with Crippen LogP contribution in [0.2, 0.25) is 0 Å². The van der Waals surface area contributed by atoms with Crippen LogP contribution in [0.4, 0.5) is 5.69 Å². The van der Waals surface area contributed by atoms with Crippen molar-refractivity contribution in [1.82, 2.24) is 10.2 Å². The zero-order valence-corrected chi connectivity index (χ0v) is 13.5. The lowest BCUT2D eigenvalue weighted by molar-refractivity contribution is -0.136. The summed E-state index contributed by atoms with van der Waals surface area (Å²) in [6.45, 7) is 7.58. The number of amides is 2. The predicted molar refractivity (Wildman–Crippen MR) is 87.0 cm³/mol. The van der Waals surface area contributed by atoms with Crippen LogP contribution in [-0.2, 0) is 9.59 Å². The molecule has 0 unspecified atom stereocenters. The number of rotatable bonds is 8. The van der Waals surface area contributed by atoms with Crippen molar-refractivity contribution >= 4 is 17.5 Å². The van der Waals surface area contributed by atoms with Gasteiger partial charge >= 0.3 is 11.8 Å². The van der Waals surface area contributed by atoms with Gasteiger partial charge in [0, 0.05) is 12.2 Å². The Morgan fingerprint density at radius 3 is 2.27 bits per heavy atom. The highest BCUT2D eigenvalue weighted by molar-refractivity contribution is 6.39. The van der Waals surface area contributed by atoms with Crippen LogP contribution in [0.5, 0.6) is 5.75 Å². The molecule has 0 fully saturated rings. The van der Waals surface area contributed by atoms with Crippen LogP contribution in [0.3, 0.4) is 0 Å². The van der Waals surface area contributed by atoms with Gasteiger partial charge in [-0.15, -0.1) is 0 Å². The summed E-state index contributed by atoms with van der Waals surface area (Å²) in [5.41, 5.74) is 0.559. The molecule has 1 aromatic rings. The fourth-order valence-corrected chi connectivity index (χ4v) is 1.99. The van der Waals surface area contributed by atoms with Crippen LogP contribution < -0.4 is 15.4 Å². The maximum Gasteiger partial charge on any atom is 0.313 e. The Morgan fingerprint density at radius 2 is 1.73 bits per heavy atom. The molecule has 122 valence electrons. The van der Waals surface area contributed by atoms with Crippen LogP contribution in [-0.4, -0.2) is 50.0 Å². The summed E-state index contributed by atoms with van der Waals surface area (Å²) in [5, 5.41) is 5.17. The molecule has 0 radical (unpaired) electrons. The molecule has 0 saturated heterocycles. The fourth-order valence-electron chi connectivity index (χ4n) is 1.99. The van der Waals surface area contributed by atoms with E-state index in [4.69, 9.17) is 4.74 Å². The van der Waals surface area contributed by atoms with Crippen molar-refractivity contribution in [3.63, 3.8) is 0 Å². The standard InChI is InChI=1S/C16H25N3O3/c1-4-19(5-2)12-6-11-17-15(20)16(21)18-13-7-9-14(22-3)10-8-13/h7-10H,4-6,11-12H2,1-3H3,(H,17,20)(H,18,21). The monoisotopic (exact) mass is 307 g/mol. The van der Waals surface area contributed by atoms with Gasteiger partial charge in [-0.05, 0) is 50.3 Å². The van der Waals surface area contributed by atoms with Crippen molar-refractivity contribution in [3.8, 4) is 5.75 Å². The Morgan fingerprint density at radius 1 is 1.09 bits per heavy atom. The summed E-state index contributed by atoms with van der Waals surface area (Å²) >= 11 is 0. The number of nitrogens with one attached hydrogen (secondary N) is 2. The largest absolute Gasteiger partial charge is 0.497 e. The molecule has 2 amide bonds. The molecule has 6 heteroatoms. The number of methoxy groups -OCH3 is 1. The van der Waals surface area contributed by atoms with Gasteiger partial charge in [0.25, 0.3) is 0 Å². The second-order valence-electron chi connectivity index (χ2n) is 4.82. The second kappa shape index (κ2) is 9.78. The van der Waals surface area contributed by atoms with Gasteiger partial charge in [0.05, 0.1) is 7.11 Å². The van der Waals surface area contributed by atoms with Crippen LogP contribution in [0.1, 0.15) is 20.3 Å². The zero-order valence-electron chi connectivity index (χ0n) is 13.5. The molecule has 6 nitrogen and oxygen atoms in total. The van der Waals surface area contributed by atoms with Crippen molar-refractivity contribution in [2.45, 2.75) is 20.3 Å². The molecular weight excluding hydrogens is 282 g/mol. The highest BCUT2D eigenvalue weighted by Gasteiger charge is 2.13. The second-order valence-corrected chi connectivity index (χ2v) is 4.82. The molecular formula is C16H25N3O3. The van der Waals surface area contributed by atoms with E-state index in [-0.39, 0.29) is 0 Å². The van der Waals surface area contributed by atoms with Gasteiger partial charge in [-0.2, -0.15) is 0 Å². The molecule has 2 N–H and O–H groups in total. The quantitative estimate of drug-likeness (QED) is 0.564. The molecule has 0 atom stereocenters. The molecule has 0 aliphatic heterocycles. The molecule has 0 bridgehead atoms. The first-order valence-corrected chi connectivity index (χ1v) is 7.56. The van der Waals surface area contributed by atoms with Gasteiger partial charge in [-0.25, -0.2) is 0 Å². The topological polar surface area (TPSA) is 70.7 Å². The van der Waals surface area contributed by atoms with Crippen LogP contribution in [0.15, 0.2) is 24.3 Å². The number of nitrogens with zero attached hydrogens (tertiary/aromatic N) is 1. The molecule has 1 rings (SSSR count). The fraction of sp³-hybridized carbons (Fsp3) is 0.500. The summed E-state index contributed by atoms with van der Waals surface area (Å²) < 4.78 is 5.03. The third kappa shape index (κ3) is 6.13. The van der Waals surface area contributed by atoms with E-state index in [1.807, 2.05) is 0 Å². The maximum absolute atomic E-state index is 11.7. The normalized spacial score (nSPS) is 10.4. The molecule has 0 saturated carbocycles. The Kier molecular flexibility index (Phi) is 7.99. The highest BCUT2D eigenvalue weighted by Crippen LogP contribution is 2.14. The van der Waals surface area contributed by atoms with Crippen molar-refractivity contribution in [2.24, 2.45) is 0 Å². The van der Waals surface area contributed by atoms with Gasteiger partial charge in [0.2, 0.25) is 0 Å². The van der Waals surface area contributed by atoms with Gasteiger partial charge < -0.3 is 20.3 Å². The van der Waals surface area contributed by atoms with E-state index in [0.29, 0.717) is 18.0 Å². The van der Waals surface area contributed by atoms with Gasteiger partial charge in [-0.1, -0.05) is 13.8 Å². The van der Waals surface area contributed by atoms with Gasteiger partial charge in [-0.3, -0.25) is 9.59 Å². The highest BCUT2D eigenvalue weighted by atomic mass is 16.5. The molecule has 0 aliphatic rings. The van der Waals surface area contributed by atoms with Crippen molar-refractivity contribution in [2.75, 3.05) is 38.6 Å². The summed E-state index contributed by atoms with van der Waals surface area (Å²) in [7, 11) is 1.57. The molecule has 0 heterocycles. The minimum atomic E-state index is -0.659. The summed E-state index contributed by atoms with van der Waals surface area (Å²) in [6, 6.07) is 6.81. The first kappa shape index (κ1) is 18.0. The van der Waals surface area contributed by atoms with E-state index >= 15 is 0 Å². The first-order chi connectivity index (χ1) is 10.6. The smallest absolute Gasteiger partial charge is 0.313 e. The summed E-state index contributed by atoms with van der Waals surface area (Å²) in [5.74, 6) is -0.581. The van der Waals surface area contributed by atoms with Crippen molar-refractivity contribution in [1.29, 1.82) is 0 Å². The van der Waals surface area contributed by atoms with E-state index in [9.17, 15) is 9.59 Å². The number of ether oxygens (including phenoxy) is 1. The van der Waals surface area contributed by atoms with Crippen LogP contribution >= 0.6 is 0 Å². The van der Waals surface area contributed by atoms with Gasteiger partial charge in [0.15, 0.2) is 0 Å².